The van der Waals surface area contributed by atoms with Crippen molar-refractivity contribution in [2.45, 2.75) is 6.92 Å². The van der Waals surface area contributed by atoms with Gasteiger partial charge in [-0.2, -0.15) is 0 Å². The van der Waals surface area contributed by atoms with Crippen LogP contribution in [0.1, 0.15) is 16.1 Å². The number of rotatable bonds is 2. The van der Waals surface area contributed by atoms with E-state index in [1.807, 2.05) is 4.90 Å². The molecule has 98 valence electrons. The number of ether oxygens (including phenoxy) is 2. The SMILES string of the molecule is COC(=O)c1nc(Cl)nc(N2CCOCC2)c1C. The average Bonchev–Trinajstić information content (AvgIpc) is 2.41. The largest absolute Gasteiger partial charge is 0.464 e. The molecular weight excluding hydrogens is 258 g/mol. The van der Waals surface area contributed by atoms with E-state index in [0.29, 0.717) is 24.6 Å². The molecule has 0 amide bonds. The van der Waals surface area contributed by atoms with Gasteiger partial charge in [-0.1, -0.05) is 0 Å². The highest BCUT2D eigenvalue weighted by atomic mass is 35.5. The molecule has 1 aliphatic heterocycles. The fraction of sp³-hybridized carbons (Fsp3) is 0.545. The van der Waals surface area contributed by atoms with Crippen molar-refractivity contribution in [1.82, 2.24) is 9.97 Å². The first kappa shape index (κ1) is 13.0. The van der Waals surface area contributed by atoms with Gasteiger partial charge >= 0.3 is 5.97 Å². The lowest BCUT2D eigenvalue weighted by molar-refractivity contribution is 0.0593. The molecule has 2 rings (SSSR count). The van der Waals surface area contributed by atoms with Gasteiger partial charge in [-0.25, -0.2) is 14.8 Å². The van der Waals surface area contributed by atoms with Gasteiger partial charge in [0.1, 0.15) is 5.82 Å². The number of hydrogen-bond acceptors (Lipinski definition) is 6. The van der Waals surface area contributed by atoms with Crippen LogP contribution < -0.4 is 4.90 Å². The van der Waals surface area contributed by atoms with Crippen LogP contribution in [0, 0.1) is 6.92 Å². The number of esters is 1. The van der Waals surface area contributed by atoms with Crippen LogP contribution >= 0.6 is 11.6 Å². The molecule has 6 nitrogen and oxygen atoms in total. The zero-order chi connectivity index (χ0) is 13.1. The summed E-state index contributed by atoms with van der Waals surface area (Å²) in [6.45, 7) is 4.49. The number of anilines is 1. The van der Waals surface area contributed by atoms with Gasteiger partial charge in [0.15, 0.2) is 5.69 Å². The highest BCUT2D eigenvalue weighted by Gasteiger charge is 2.22. The summed E-state index contributed by atoms with van der Waals surface area (Å²) in [5.41, 5.74) is 0.882. The molecule has 1 aromatic heterocycles. The number of morpholine rings is 1. The maximum absolute atomic E-state index is 11.6. The maximum Gasteiger partial charge on any atom is 0.357 e. The van der Waals surface area contributed by atoms with Crippen LogP contribution in [0.15, 0.2) is 0 Å². The van der Waals surface area contributed by atoms with E-state index < -0.39 is 5.97 Å². The minimum absolute atomic E-state index is 0.0440. The van der Waals surface area contributed by atoms with Crippen molar-refractivity contribution >= 4 is 23.4 Å². The summed E-state index contributed by atoms with van der Waals surface area (Å²) in [5.74, 6) is 0.157. The Hall–Kier alpha value is -1.40. The minimum atomic E-state index is -0.508. The van der Waals surface area contributed by atoms with Crippen LogP contribution in [0.2, 0.25) is 5.28 Å². The summed E-state index contributed by atoms with van der Waals surface area (Å²) < 4.78 is 9.96. The molecule has 0 atom stereocenters. The third-order valence-corrected chi connectivity index (χ3v) is 2.95. The molecule has 0 N–H and O–H groups in total. The maximum atomic E-state index is 11.6. The Morgan fingerprint density at radius 3 is 2.67 bits per heavy atom. The Morgan fingerprint density at radius 1 is 1.39 bits per heavy atom. The number of halogens is 1. The minimum Gasteiger partial charge on any atom is -0.464 e. The van der Waals surface area contributed by atoms with Gasteiger partial charge in [0.2, 0.25) is 5.28 Å². The molecule has 7 heteroatoms. The molecule has 0 unspecified atom stereocenters. The normalized spacial score (nSPS) is 15.6. The summed E-state index contributed by atoms with van der Waals surface area (Å²) in [7, 11) is 1.31. The predicted molar refractivity (Wildman–Crippen MR) is 66.2 cm³/mol. The van der Waals surface area contributed by atoms with Gasteiger partial charge < -0.3 is 14.4 Å². The molecule has 1 fully saturated rings. The van der Waals surface area contributed by atoms with Gasteiger partial charge in [0, 0.05) is 18.7 Å². The second-order valence-electron chi connectivity index (χ2n) is 3.88. The second-order valence-corrected chi connectivity index (χ2v) is 4.22. The first-order valence-corrected chi connectivity index (χ1v) is 5.96. The number of hydrogen-bond donors (Lipinski definition) is 0. The topological polar surface area (TPSA) is 64.5 Å². The third kappa shape index (κ3) is 2.54. The average molecular weight is 272 g/mol. The molecule has 0 saturated carbocycles. The summed E-state index contributed by atoms with van der Waals surface area (Å²) in [6, 6.07) is 0. The van der Waals surface area contributed by atoms with Gasteiger partial charge in [0.05, 0.1) is 20.3 Å². The Labute approximate surface area is 110 Å². The summed E-state index contributed by atoms with van der Waals surface area (Å²) in [5, 5.41) is 0.0440. The van der Waals surface area contributed by atoms with Crippen molar-refractivity contribution in [1.29, 1.82) is 0 Å². The standard InChI is InChI=1S/C11H14ClN3O3/c1-7-8(10(16)17-2)13-11(12)14-9(7)15-3-5-18-6-4-15/h3-6H2,1-2H3. The van der Waals surface area contributed by atoms with E-state index in [4.69, 9.17) is 16.3 Å². The Morgan fingerprint density at radius 2 is 2.06 bits per heavy atom. The van der Waals surface area contributed by atoms with Crippen molar-refractivity contribution in [3.63, 3.8) is 0 Å². The summed E-state index contributed by atoms with van der Waals surface area (Å²) in [6.07, 6.45) is 0. The predicted octanol–water partition coefficient (Wildman–Crippen LogP) is 1.06. The number of carbonyl (C=O) groups is 1. The van der Waals surface area contributed by atoms with Gasteiger partial charge in [-0.05, 0) is 18.5 Å². The molecule has 2 heterocycles. The van der Waals surface area contributed by atoms with Crippen molar-refractivity contribution in [3.05, 3.63) is 16.5 Å². The van der Waals surface area contributed by atoms with Crippen LogP contribution in [-0.2, 0) is 9.47 Å². The lowest BCUT2D eigenvalue weighted by Gasteiger charge is -2.29. The number of aromatic nitrogens is 2. The van der Waals surface area contributed by atoms with Crippen LogP contribution in [0.25, 0.3) is 0 Å². The van der Waals surface area contributed by atoms with Gasteiger partial charge in [-0.3, -0.25) is 0 Å². The molecule has 1 saturated heterocycles. The Balaban J connectivity index is 2.40. The third-order valence-electron chi connectivity index (χ3n) is 2.78. The molecule has 0 aromatic carbocycles. The van der Waals surface area contributed by atoms with Gasteiger partial charge in [0.25, 0.3) is 0 Å². The zero-order valence-corrected chi connectivity index (χ0v) is 11.0. The second kappa shape index (κ2) is 5.49. The highest BCUT2D eigenvalue weighted by molar-refractivity contribution is 6.28. The first-order valence-electron chi connectivity index (χ1n) is 5.58. The van der Waals surface area contributed by atoms with Crippen LogP contribution in [0.5, 0.6) is 0 Å². The first-order chi connectivity index (χ1) is 8.63. The molecule has 1 aliphatic rings. The molecule has 18 heavy (non-hydrogen) atoms. The van der Waals surface area contributed by atoms with Crippen molar-refractivity contribution in [2.75, 3.05) is 38.3 Å². The summed E-state index contributed by atoms with van der Waals surface area (Å²) in [4.78, 5) is 21.7. The smallest absolute Gasteiger partial charge is 0.357 e. The van der Waals surface area contributed by atoms with Gasteiger partial charge in [-0.15, -0.1) is 0 Å². The van der Waals surface area contributed by atoms with E-state index in [1.54, 1.807) is 6.92 Å². The number of nitrogens with zero attached hydrogens (tertiary/aromatic N) is 3. The Bertz CT molecular complexity index is 461. The molecule has 0 radical (unpaired) electrons. The summed E-state index contributed by atoms with van der Waals surface area (Å²) >= 11 is 5.85. The van der Waals surface area contributed by atoms with Crippen LogP contribution in [0.4, 0.5) is 5.82 Å². The highest BCUT2D eigenvalue weighted by Crippen LogP contribution is 2.23. The zero-order valence-electron chi connectivity index (χ0n) is 10.3. The molecule has 1 aromatic rings. The fourth-order valence-electron chi connectivity index (χ4n) is 1.86. The van der Waals surface area contributed by atoms with E-state index in [9.17, 15) is 4.79 Å². The van der Waals surface area contributed by atoms with E-state index in [-0.39, 0.29) is 11.0 Å². The monoisotopic (exact) mass is 271 g/mol. The van der Waals surface area contributed by atoms with Crippen molar-refractivity contribution < 1.29 is 14.3 Å². The van der Waals surface area contributed by atoms with E-state index in [2.05, 4.69) is 14.7 Å². The van der Waals surface area contributed by atoms with E-state index in [0.717, 1.165) is 13.1 Å². The van der Waals surface area contributed by atoms with Crippen LogP contribution in [-0.4, -0.2) is 49.4 Å². The fourth-order valence-corrected chi connectivity index (χ4v) is 2.02. The van der Waals surface area contributed by atoms with Crippen LogP contribution in [0.3, 0.4) is 0 Å². The quantitative estimate of drug-likeness (QED) is 0.592. The van der Waals surface area contributed by atoms with E-state index >= 15 is 0 Å². The molecule has 0 bridgehead atoms. The Kier molecular flexibility index (Phi) is 3.98. The van der Waals surface area contributed by atoms with Crippen molar-refractivity contribution in [3.8, 4) is 0 Å². The number of methoxy groups -OCH3 is 1. The molecule has 0 spiro atoms. The molecular formula is C11H14ClN3O3. The lowest BCUT2D eigenvalue weighted by atomic mass is 10.2. The van der Waals surface area contributed by atoms with Crippen molar-refractivity contribution in [2.24, 2.45) is 0 Å². The van der Waals surface area contributed by atoms with E-state index in [1.165, 1.54) is 7.11 Å². The number of carbonyl (C=O) groups excluding carboxylic acids is 1. The lowest BCUT2D eigenvalue weighted by Crippen LogP contribution is -2.37. The molecule has 0 aliphatic carbocycles.